The molecule has 0 bridgehead atoms. The van der Waals surface area contributed by atoms with Crippen LogP contribution in [0, 0.1) is 5.82 Å². The number of halogens is 3. The minimum absolute atomic E-state index is 0.0619. The van der Waals surface area contributed by atoms with Crippen molar-refractivity contribution in [3.8, 4) is 5.75 Å². The number of hydrogen-bond donors (Lipinski definition) is 1. The number of likely N-dealkylation sites (tertiary alicyclic amines) is 1. The molecule has 30 heavy (non-hydrogen) atoms. The summed E-state index contributed by atoms with van der Waals surface area (Å²) in [6.07, 6.45) is 0. The SMILES string of the molecule is COCCN1C(=O)C(=O)/C(=C(/O)c2cc(Cl)cc(Cl)c2OC)C1c1ccc(F)cc1. The molecule has 1 atom stereocenters. The number of nitrogens with zero attached hydrogens (tertiary/aromatic N) is 1. The van der Waals surface area contributed by atoms with Crippen molar-refractivity contribution in [3.05, 3.63) is 69.0 Å². The number of amides is 1. The molecule has 0 aromatic heterocycles. The van der Waals surface area contributed by atoms with E-state index in [1.165, 1.54) is 55.5 Å². The lowest BCUT2D eigenvalue weighted by atomic mass is 9.95. The highest BCUT2D eigenvalue weighted by Gasteiger charge is 2.46. The van der Waals surface area contributed by atoms with Crippen LogP contribution in [-0.4, -0.2) is 49.1 Å². The van der Waals surface area contributed by atoms with E-state index >= 15 is 0 Å². The number of ketones is 1. The number of rotatable bonds is 6. The Balaban J connectivity index is 2.25. The molecule has 3 rings (SSSR count). The lowest BCUT2D eigenvalue weighted by Crippen LogP contribution is -2.32. The minimum Gasteiger partial charge on any atom is -0.507 e. The molecule has 0 spiro atoms. The minimum atomic E-state index is -0.955. The zero-order valence-electron chi connectivity index (χ0n) is 16.1. The summed E-state index contributed by atoms with van der Waals surface area (Å²) >= 11 is 12.2. The summed E-state index contributed by atoms with van der Waals surface area (Å²) in [5, 5.41) is 11.4. The van der Waals surface area contributed by atoms with E-state index in [4.69, 9.17) is 32.7 Å². The predicted octanol–water partition coefficient (Wildman–Crippen LogP) is 4.21. The summed E-state index contributed by atoms with van der Waals surface area (Å²) in [6.45, 7) is 0.254. The van der Waals surface area contributed by atoms with Gasteiger partial charge in [0.25, 0.3) is 11.7 Å². The second-order valence-electron chi connectivity index (χ2n) is 6.51. The highest BCUT2D eigenvalue weighted by molar-refractivity contribution is 6.46. The third kappa shape index (κ3) is 4.01. The fraction of sp³-hybridized carbons (Fsp3) is 0.238. The van der Waals surface area contributed by atoms with Gasteiger partial charge in [-0.1, -0.05) is 35.3 Å². The Kier molecular flexibility index (Phi) is 6.65. The number of Topliss-reactive ketones (excluding diaryl/α,β-unsaturated/α-hetero) is 1. The normalized spacial score (nSPS) is 18.2. The Morgan fingerprint density at radius 2 is 1.83 bits per heavy atom. The summed E-state index contributed by atoms with van der Waals surface area (Å²) < 4.78 is 23.8. The third-order valence-corrected chi connectivity index (χ3v) is 5.23. The molecule has 2 aromatic carbocycles. The molecule has 1 amide bonds. The third-order valence-electron chi connectivity index (χ3n) is 4.73. The molecule has 6 nitrogen and oxygen atoms in total. The van der Waals surface area contributed by atoms with Crippen molar-refractivity contribution in [2.45, 2.75) is 6.04 Å². The first kappa shape index (κ1) is 22.1. The van der Waals surface area contributed by atoms with Crippen LogP contribution in [0.1, 0.15) is 17.2 Å². The molecule has 0 aliphatic carbocycles. The van der Waals surface area contributed by atoms with Gasteiger partial charge in [0.05, 0.1) is 35.9 Å². The van der Waals surface area contributed by atoms with Crippen molar-refractivity contribution in [1.29, 1.82) is 0 Å². The van der Waals surface area contributed by atoms with Crippen LogP contribution in [0.2, 0.25) is 10.0 Å². The fourth-order valence-corrected chi connectivity index (χ4v) is 3.95. The van der Waals surface area contributed by atoms with Crippen LogP contribution in [0.25, 0.3) is 5.76 Å². The number of aliphatic hydroxyl groups is 1. The van der Waals surface area contributed by atoms with Gasteiger partial charge in [-0.05, 0) is 29.8 Å². The number of benzene rings is 2. The first-order valence-corrected chi connectivity index (χ1v) is 9.62. The number of carbonyl (C=O) groups is 2. The van der Waals surface area contributed by atoms with Crippen molar-refractivity contribution in [2.24, 2.45) is 0 Å². The van der Waals surface area contributed by atoms with Crippen molar-refractivity contribution in [3.63, 3.8) is 0 Å². The van der Waals surface area contributed by atoms with E-state index in [2.05, 4.69) is 0 Å². The van der Waals surface area contributed by atoms with Crippen molar-refractivity contribution in [1.82, 2.24) is 4.90 Å². The Morgan fingerprint density at radius 1 is 1.17 bits per heavy atom. The Labute approximate surface area is 182 Å². The summed E-state index contributed by atoms with van der Waals surface area (Å²) in [4.78, 5) is 26.9. The van der Waals surface area contributed by atoms with Gasteiger partial charge in [0.15, 0.2) is 0 Å². The summed E-state index contributed by atoms with van der Waals surface area (Å²) in [5.41, 5.74) is 0.326. The van der Waals surface area contributed by atoms with E-state index in [0.717, 1.165) is 0 Å². The largest absolute Gasteiger partial charge is 0.507 e. The zero-order chi connectivity index (χ0) is 22.0. The first-order valence-electron chi connectivity index (χ1n) is 8.86. The molecule has 0 radical (unpaired) electrons. The molecule has 1 saturated heterocycles. The van der Waals surface area contributed by atoms with E-state index < -0.39 is 29.3 Å². The molecular weight excluding hydrogens is 436 g/mol. The quantitative estimate of drug-likeness (QED) is 0.402. The average molecular weight is 454 g/mol. The van der Waals surface area contributed by atoms with Crippen LogP contribution in [0.3, 0.4) is 0 Å². The highest BCUT2D eigenvalue weighted by Crippen LogP contribution is 2.43. The summed E-state index contributed by atoms with van der Waals surface area (Å²) in [7, 11) is 2.81. The van der Waals surface area contributed by atoms with Gasteiger partial charge in [-0.2, -0.15) is 0 Å². The maximum atomic E-state index is 13.5. The van der Waals surface area contributed by atoms with Crippen LogP contribution in [0.5, 0.6) is 5.75 Å². The molecule has 0 saturated carbocycles. The van der Waals surface area contributed by atoms with Gasteiger partial charge in [-0.3, -0.25) is 9.59 Å². The van der Waals surface area contributed by atoms with Crippen LogP contribution < -0.4 is 4.74 Å². The van der Waals surface area contributed by atoms with Gasteiger partial charge < -0.3 is 19.5 Å². The lowest BCUT2D eigenvalue weighted by Gasteiger charge is -2.25. The Morgan fingerprint density at radius 3 is 2.43 bits per heavy atom. The predicted molar refractivity (Wildman–Crippen MR) is 110 cm³/mol. The molecule has 1 aliphatic rings. The van der Waals surface area contributed by atoms with Gasteiger partial charge in [0.2, 0.25) is 0 Å². The second-order valence-corrected chi connectivity index (χ2v) is 7.35. The highest BCUT2D eigenvalue weighted by atomic mass is 35.5. The zero-order valence-corrected chi connectivity index (χ0v) is 17.6. The molecular formula is C21H18Cl2FNO5. The molecule has 2 aromatic rings. The maximum absolute atomic E-state index is 13.5. The first-order chi connectivity index (χ1) is 14.3. The van der Waals surface area contributed by atoms with Gasteiger partial charge in [-0.25, -0.2) is 4.39 Å². The molecule has 158 valence electrons. The van der Waals surface area contributed by atoms with Crippen LogP contribution in [0.15, 0.2) is 42.0 Å². The number of methoxy groups -OCH3 is 2. The van der Waals surface area contributed by atoms with Crippen molar-refractivity contribution >= 4 is 40.7 Å². The second kappa shape index (κ2) is 9.04. The van der Waals surface area contributed by atoms with E-state index in [9.17, 15) is 19.1 Å². The molecule has 1 N–H and O–H groups in total. The van der Waals surface area contributed by atoms with E-state index in [0.29, 0.717) is 5.56 Å². The van der Waals surface area contributed by atoms with Crippen molar-refractivity contribution < 1.29 is 28.6 Å². The molecule has 1 aliphatic heterocycles. The average Bonchev–Trinajstić information content (AvgIpc) is 2.96. The van der Waals surface area contributed by atoms with Crippen LogP contribution >= 0.6 is 23.2 Å². The van der Waals surface area contributed by atoms with E-state index in [-0.39, 0.29) is 40.1 Å². The van der Waals surface area contributed by atoms with Crippen molar-refractivity contribution in [2.75, 3.05) is 27.4 Å². The lowest BCUT2D eigenvalue weighted by molar-refractivity contribution is -0.140. The number of aliphatic hydroxyl groups excluding tert-OH is 1. The molecule has 1 fully saturated rings. The monoisotopic (exact) mass is 453 g/mol. The molecule has 9 heteroatoms. The van der Waals surface area contributed by atoms with Crippen LogP contribution in [-0.2, 0) is 14.3 Å². The van der Waals surface area contributed by atoms with E-state index in [1.54, 1.807) is 0 Å². The number of carbonyl (C=O) groups excluding carboxylic acids is 2. The topological polar surface area (TPSA) is 76.1 Å². The van der Waals surface area contributed by atoms with Gasteiger partial charge in [0.1, 0.15) is 17.3 Å². The number of hydrogen-bond acceptors (Lipinski definition) is 5. The van der Waals surface area contributed by atoms with Gasteiger partial charge in [-0.15, -0.1) is 0 Å². The Bertz CT molecular complexity index is 1020. The van der Waals surface area contributed by atoms with E-state index in [1.807, 2.05) is 0 Å². The maximum Gasteiger partial charge on any atom is 0.295 e. The standard InChI is InChI=1S/C21H18Cl2FNO5/c1-29-8-7-25-17(11-3-5-13(24)6-4-11)16(19(27)21(25)28)18(26)14-9-12(22)10-15(23)20(14)30-2/h3-6,9-10,17,26H,7-8H2,1-2H3/b18-16+. The smallest absolute Gasteiger partial charge is 0.295 e. The fourth-order valence-electron chi connectivity index (χ4n) is 3.38. The van der Waals surface area contributed by atoms with Crippen LogP contribution in [0.4, 0.5) is 4.39 Å². The molecule has 1 heterocycles. The summed E-state index contributed by atoms with van der Waals surface area (Å²) in [5.74, 6) is -2.58. The van der Waals surface area contributed by atoms with Gasteiger partial charge in [0, 0.05) is 18.7 Å². The number of ether oxygens (including phenoxy) is 2. The Hall–Kier alpha value is -2.61. The molecule has 1 unspecified atom stereocenters. The summed E-state index contributed by atoms with van der Waals surface area (Å²) in [6, 6.07) is 7.16. The van der Waals surface area contributed by atoms with Gasteiger partial charge >= 0.3 is 0 Å².